The number of ether oxygens (including phenoxy) is 2. The van der Waals surface area contributed by atoms with Crippen LogP contribution in [-0.4, -0.2) is 84.6 Å². The second-order valence-corrected chi connectivity index (χ2v) is 15.0. The van der Waals surface area contributed by atoms with E-state index >= 15 is 0 Å². The number of fused-ring (bicyclic) bond motifs is 2. The predicted molar refractivity (Wildman–Crippen MR) is 206 cm³/mol. The Morgan fingerprint density at radius 2 is 1.69 bits per heavy atom. The summed E-state index contributed by atoms with van der Waals surface area (Å²) in [5, 5.41) is 12.5. The van der Waals surface area contributed by atoms with Gasteiger partial charge in [-0.05, 0) is 97.8 Å². The molecule has 4 aliphatic heterocycles. The van der Waals surface area contributed by atoms with Crippen molar-refractivity contribution in [2.24, 2.45) is 0 Å². The second kappa shape index (κ2) is 15.6. The summed E-state index contributed by atoms with van der Waals surface area (Å²) in [6.07, 6.45) is 3.85. The lowest BCUT2D eigenvalue weighted by atomic mass is 9.75. The maximum absolute atomic E-state index is 13.1. The van der Waals surface area contributed by atoms with Crippen LogP contribution in [0.15, 0.2) is 84.9 Å². The molecule has 4 aliphatic rings. The number of aromatic hydroxyl groups is 1. The van der Waals surface area contributed by atoms with Gasteiger partial charge in [-0.15, -0.1) is 0 Å². The first kappa shape index (κ1) is 35.7. The average molecular weight is 729 g/mol. The van der Waals surface area contributed by atoms with Gasteiger partial charge in [0.25, 0.3) is 5.91 Å². The Kier molecular flexibility index (Phi) is 10.3. The third-order valence-corrected chi connectivity index (χ3v) is 11.6. The number of rotatable bonds is 11. The molecule has 2 saturated heterocycles. The van der Waals surface area contributed by atoms with E-state index in [1.54, 1.807) is 17.0 Å². The molecule has 2 N–H and O–H groups in total. The summed E-state index contributed by atoms with van der Waals surface area (Å²) in [6.45, 7) is 8.68. The van der Waals surface area contributed by atoms with Crippen molar-refractivity contribution in [3.8, 4) is 17.2 Å². The van der Waals surface area contributed by atoms with Gasteiger partial charge in [0.15, 0.2) is 0 Å². The molecule has 0 bridgehead atoms. The van der Waals surface area contributed by atoms with Gasteiger partial charge < -0.3 is 24.4 Å². The quantitative estimate of drug-likeness (QED) is 0.140. The van der Waals surface area contributed by atoms with E-state index in [4.69, 9.17) is 9.47 Å². The van der Waals surface area contributed by atoms with Gasteiger partial charge in [0.1, 0.15) is 23.3 Å². The molecule has 8 rings (SSSR count). The number of imide groups is 1. The van der Waals surface area contributed by atoms with Crippen LogP contribution in [0.4, 0.5) is 5.69 Å². The Morgan fingerprint density at radius 3 is 2.48 bits per heavy atom. The van der Waals surface area contributed by atoms with Gasteiger partial charge >= 0.3 is 0 Å². The van der Waals surface area contributed by atoms with Crippen LogP contribution in [0.3, 0.4) is 0 Å². The first-order valence-corrected chi connectivity index (χ1v) is 19.3. The number of carbonyl (C=O) groups excluding carboxylic acids is 3. The topological polar surface area (TPSA) is 112 Å². The molecule has 0 aromatic heterocycles. The van der Waals surface area contributed by atoms with Crippen molar-refractivity contribution in [3.05, 3.63) is 118 Å². The van der Waals surface area contributed by atoms with Crippen molar-refractivity contribution in [3.63, 3.8) is 0 Å². The molecule has 3 unspecified atom stereocenters. The monoisotopic (exact) mass is 728 g/mol. The molecule has 0 spiro atoms. The van der Waals surface area contributed by atoms with Crippen molar-refractivity contribution < 1.29 is 29.0 Å². The van der Waals surface area contributed by atoms with Crippen LogP contribution in [-0.2, 0) is 16.1 Å². The molecule has 0 saturated carbocycles. The fraction of sp³-hybridized carbons (Fsp3) is 0.386. The van der Waals surface area contributed by atoms with Crippen LogP contribution >= 0.6 is 0 Å². The number of phenolic OH excluding ortho intramolecular Hbond substituents is 1. The first-order valence-electron chi connectivity index (χ1n) is 19.3. The van der Waals surface area contributed by atoms with Gasteiger partial charge in [0.2, 0.25) is 11.8 Å². The maximum Gasteiger partial charge on any atom is 0.255 e. The molecule has 4 heterocycles. The Labute approximate surface area is 316 Å². The van der Waals surface area contributed by atoms with Gasteiger partial charge in [-0.3, -0.25) is 24.6 Å². The Hall–Kier alpha value is -5.35. The summed E-state index contributed by atoms with van der Waals surface area (Å²) in [5.41, 5.74) is 7.53. The number of nitrogens with zero attached hydrogens (tertiary/aromatic N) is 3. The highest BCUT2D eigenvalue weighted by Gasteiger charge is 2.39. The summed E-state index contributed by atoms with van der Waals surface area (Å²) >= 11 is 0. The normalized spacial score (nSPS) is 21.4. The molecular formula is C44H48N4O6. The van der Waals surface area contributed by atoms with Crippen LogP contribution in [0.2, 0.25) is 0 Å². The number of carbonyl (C=O) groups is 3. The second-order valence-electron chi connectivity index (χ2n) is 15.0. The van der Waals surface area contributed by atoms with Gasteiger partial charge in [0.05, 0.1) is 13.2 Å². The summed E-state index contributed by atoms with van der Waals surface area (Å²) < 4.78 is 12.3. The number of hydrogen-bond acceptors (Lipinski definition) is 8. The van der Waals surface area contributed by atoms with Gasteiger partial charge in [-0.2, -0.15) is 0 Å². The largest absolute Gasteiger partial charge is 0.508 e. The van der Waals surface area contributed by atoms with E-state index < -0.39 is 6.04 Å². The maximum atomic E-state index is 13.1. The smallest absolute Gasteiger partial charge is 0.255 e. The van der Waals surface area contributed by atoms with E-state index in [-0.39, 0.29) is 41.7 Å². The summed E-state index contributed by atoms with van der Waals surface area (Å²) in [5.74, 6) is 1.30. The summed E-state index contributed by atoms with van der Waals surface area (Å²) in [7, 11) is 0. The molecule has 54 heavy (non-hydrogen) atoms. The van der Waals surface area contributed by atoms with Crippen LogP contribution in [0, 0.1) is 6.92 Å². The lowest BCUT2D eigenvalue weighted by molar-refractivity contribution is -0.136. The van der Waals surface area contributed by atoms with Crippen LogP contribution in [0.1, 0.15) is 82.1 Å². The molecule has 280 valence electrons. The standard InChI is InChI=1S/C44H48N4O6/c1-29-7-3-4-8-35(29)38-28-54-40-26-33(49)12-16-37(40)42(38)30-9-13-34(14-10-30)53-24-6-2-5-19-46-20-22-47(23-21-46)32-11-15-36-31(25-32)27-48(44(36)52)39-17-18-41(50)45-43(39)51/h3-4,7-16,25-26,38-39,42,49H,2,5-6,17-24,27-28H2,1H3,(H,45,50,51). The lowest BCUT2D eigenvalue weighted by Crippen LogP contribution is -2.52. The molecule has 3 amide bonds. The summed E-state index contributed by atoms with van der Waals surface area (Å²) in [6, 6.07) is 27.9. The van der Waals surface area contributed by atoms with Gasteiger partial charge in [-0.25, -0.2) is 0 Å². The number of amides is 3. The SMILES string of the molecule is Cc1ccccc1C1COc2cc(O)ccc2C1c1ccc(OCCCCCN2CCN(c3ccc4c(c3)CN(C3CCC(=O)NC3=O)C4=O)CC2)cc1. The van der Waals surface area contributed by atoms with E-state index in [1.165, 1.54) is 16.7 Å². The van der Waals surface area contributed by atoms with Crippen molar-refractivity contribution in [2.45, 2.75) is 63.5 Å². The Bertz CT molecular complexity index is 2020. The van der Waals surface area contributed by atoms with Crippen molar-refractivity contribution in [2.75, 3.05) is 50.8 Å². The van der Waals surface area contributed by atoms with E-state index in [9.17, 15) is 19.5 Å². The predicted octanol–water partition coefficient (Wildman–Crippen LogP) is 6.14. The number of piperazine rings is 1. The molecule has 4 aromatic rings. The van der Waals surface area contributed by atoms with Crippen molar-refractivity contribution >= 4 is 23.4 Å². The molecule has 0 radical (unpaired) electrons. The zero-order valence-corrected chi connectivity index (χ0v) is 30.8. The minimum Gasteiger partial charge on any atom is -0.508 e. The number of anilines is 1. The summed E-state index contributed by atoms with van der Waals surface area (Å²) in [4.78, 5) is 43.6. The zero-order valence-electron chi connectivity index (χ0n) is 30.8. The number of aryl methyl sites for hydroxylation is 1. The van der Waals surface area contributed by atoms with E-state index in [0.29, 0.717) is 31.7 Å². The number of phenols is 1. The molecule has 4 aromatic carbocycles. The molecular weight excluding hydrogens is 681 g/mol. The van der Waals surface area contributed by atoms with Crippen LogP contribution < -0.4 is 19.7 Å². The minimum atomic E-state index is -0.592. The molecule has 10 heteroatoms. The minimum absolute atomic E-state index is 0.100. The number of unbranched alkanes of at least 4 members (excludes halogenated alkanes) is 2. The molecule has 3 atom stereocenters. The highest BCUT2D eigenvalue weighted by molar-refractivity contribution is 6.05. The third-order valence-electron chi connectivity index (χ3n) is 11.6. The van der Waals surface area contributed by atoms with Gasteiger partial charge in [-0.1, -0.05) is 42.5 Å². The van der Waals surface area contributed by atoms with Crippen LogP contribution in [0.5, 0.6) is 17.2 Å². The first-order chi connectivity index (χ1) is 26.3. The average Bonchev–Trinajstić information content (AvgIpc) is 3.51. The molecule has 10 nitrogen and oxygen atoms in total. The van der Waals surface area contributed by atoms with E-state index in [2.05, 4.69) is 76.6 Å². The lowest BCUT2D eigenvalue weighted by Gasteiger charge is -2.36. The Morgan fingerprint density at radius 1 is 0.870 bits per heavy atom. The fourth-order valence-corrected chi connectivity index (χ4v) is 8.64. The number of hydrogen-bond donors (Lipinski definition) is 2. The van der Waals surface area contributed by atoms with E-state index in [0.717, 1.165) is 80.3 Å². The van der Waals surface area contributed by atoms with Crippen molar-refractivity contribution in [1.82, 2.24) is 15.1 Å². The fourth-order valence-electron chi connectivity index (χ4n) is 8.64. The number of benzene rings is 4. The van der Waals surface area contributed by atoms with Crippen LogP contribution in [0.25, 0.3) is 0 Å². The highest BCUT2D eigenvalue weighted by atomic mass is 16.5. The molecule has 0 aliphatic carbocycles. The number of piperidine rings is 1. The number of nitrogens with one attached hydrogen (secondary N) is 1. The zero-order chi connectivity index (χ0) is 37.2. The Balaban J connectivity index is 0.780. The van der Waals surface area contributed by atoms with Crippen molar-refractivity contribution in [1.29, 1.82) is 0 Å². The molecule has 2 fully saturated rings. The van der Waals surface area contributed by atoms with Gasteiger partial charge in [0, 0.05) is 73.9 Å². The highest BCUT2D eigenvalue weighted by Crippen LogP contribution is 2.47. The third kappa shape index (κ3) is 7.40. The van der Waals surface area contributed by atoms with E-state index in [1.807, 2.05) is 18.2 Å².